The van der Waals surface area contributed by atoms with Crippen LogP contribution in [-0.4, -0.2) is 23.3 Å². The number of rotatable bonds is 6. The quantitative estimate of drug-likeness (QED) is 0.401. The third kappa shape index (κ3) is 5.35. The molecule has 30 heavy (non-hydrogen) atoms. The SMILES string of the molecule is COC(C)c1c(N=C(c2ccccc2)c2ccccc2)cnc(NC(C)(C)C)c1Br. The van der Waals surface area contributed by atoms with Gasteiger partial charge in [-0.15, -0.1) is 0 Å². The van der Waals surface area contributed by atoms with Crippen LogP contribution >= 0.6 is 15.9 Å². The van der Waals surface area contributed by atoms with Crippen LogP contribution in [0.25, 0.3) is 0 Å². The Hall–Kier alpha value is -2.50. The van der Waals surface area contributed by atoms with Crippen LogP contribution in [0.3, 0.4) is 0 Å². The molecule has 0 aliphatic heterocycles. The second kappa shape index (κ2) is 9.54. The molecule has 3 aromatic rings. The summed E-state index contributed by atoms with van der Waals surface area (Å²) in [4.78, 5) is 9.74. The van der Waals surface area contributed by atoms with Gasteiger partial charge in [-0.05, 0) is 43.6 Å². The minimum Gasteiger partial charge on any atom is -0.377 e. The fourth-order valence-corrected chi connectivity index (χ4v) is 3.86. The van der Waals surface area contributed by atoms with Crippen LogP contribution in [0, 0.1) is 0 Å². The van der Waals surface area contributed by atoms with Crippen LogP contribution in [-0.2, 0) is 4.74 Å². The van der Waals surface area contributed by atoms with Gasteiger partial charge >= 0.3 is 0 Å². The number of anilines is 1. The Kier molecular flexibility index (Phi) is 7.06. The number of aliphatic imine (C=N–C) groups is 1. The summed E-state index contributed by atoms with van der Waals surface area (Å²) < 4.78 is 6.55. The maximum atomic E-state index is 5.68. The first-order valence-electron chi connectivity index (χ1n) is 9.99. The van der Waals surface area contributed by atoms with Crippen LogP contribution < -0.4 is 5.32 Å². The molecule has 3 rings (SSSR count). The number of hydrogen-bond donors (Lipinski definition) is 1. The molecule has 0 spiro atoms. The normalized spacial score (nSPS) is 12.3. The van der Waals surface area contributed by atoms with Crippen LogP contribution in [0.2, 0.25) is 0 Å². The average Bonchev–Trinajstić information content (AvgIpc) is 2.73. The Morgan fingerprint density at radius 2 is 1.53 bits per heavy atom. The molecule has 0 fully saturated rings. The molecule has 1 aromatic heterocycles. The molecule has 1 heterocycles. The van der Waals surface area contributed by atoms with Gasteiger partial charge in [0.05, 0.1) is 28.2 Å². The molecule has 2 aromatic carbocycles. The van der Waals surface area contributed by atoms with Crippen LogP contribution in [0.5, 0.6) is 0 Å². The molecule has 0 saturated carbocycles. The molecular weight excluding hydrogens is 438 g/mol. The van der Waals surface area contributed by atoms with E-state index in [9.17, 15) is 0 Å². The highest BCUT2D eigenvalue weighted by Gasteiger charge is 2.21. The van der Waals surface area contributed by atoms with Gasteiger partial charge in [-0.2, -0.15) is 0 Å². The molecule has 0 radical (unpaired) electrons. The van der Waals surface area contributed by atoms with E-state index in [2.05, 4.69) is 71.3 Å². The number of halogens is 1. The third-order valence-corrected chi connectivity index (χ3v) is 5.42. The van der Waals surface area contributed by atoms with Crippen molar-refractivity contribution in [2.75, 3.05) is 12.4 Å². The number of nitrogens with one attached hydrogen (secondary N) is 1. The summed E-state index contributed by atoms with van der Waals surface area (Å²) in [5, 5.41) is 3.45. The van der Waals surface area contributed by atoms with Gasteiger partial charge in [0.25, 0.3) is 0 Å². The first-order chi connectivity index (χ1) is 14.3. The summed E-state index contributed by atoms with van der Waals surface area (Å²) in [6.45, 7) is 8.34. The predicted molar refractivity (Wildman–Crippen MR) is 129 cm³/mol. The molecule has 0 aliphatic carbocycles. The van der Waals surface area contributed by atoms with Crippen molar-refractivity contribution in [2.45, 2.75) is 39.3 Å². The standard InChI is InChI=1S/C25H28BrN3O/c1-17(30-5)21-20(16-27-24(22(21)26)29-25(2,3)4)28-23(18-12-8-6-9-13-18)19-14-10-7-11-15-19/h6-17H,1-5H3,(H,27,29). The van der Waals surface area contributed by atoms with Crippen molar-refractivity contribution in [2.24, 2.45) is 4.99 Å². The number of pyridine rings is 1. The molecule has 156 valence electrons. The van der Waals surface area contributed by atoms with Crippen LogP contribution in [0.4, 0.5) is 11.5 Å². The van der Waals surface area contributed by atoms with Crippen LogP contribution in [0.1, 0.15) is 50.5 Å². The molecule has 1 N–H and O–H groups in total. The summed E-state index contributed by atoms with van der Waals surface area (Å²) in [7, 11) is 1.71. The molecule has 5 heteroatoms. The lowest BCUT2D eigenvalue weighted by atomic mass is 10.0. The van der Waals surface area contributed by atoms with Gasteiger partial charge in [0.2, 0.25) is 0 Å². The van der Waals surface area contributed by atoms with E-state index < -0.39 is 0 Å². The summed E-state index contributed by atoms with van der Waals surface area (Å²) in [6, 6.07) is 20.4. The molecule has 0 aliphatic rings. The smallest absolute Gasteiger partial charge is 0.141 e. The van der Waals surface area contributed by atoms with Crippen molar-refractivity contribution >= 4 is 33.1 Å². The number of ether oxygens (including phenoxy) is 1. The van der Waals surface area contributed by atoms with E-state index in [1.165, 1.54) is 0 Å². The van der Waals surface area contributed by atoms with E-state index in [1.807, 2.05) is 49.5 Å². The van der Waals surface area contributed by atoms with E-state index in [0.29, 0.717) is 0 Å². The van der Waals surface area contributed by atoms with Gasteiger partial charge < -0.3 is 10.1 Å². The maximum Gasteiger partial charge on any atom is 0.141 e. The molecule has 0 bridgehead atoms. The average molecular weight is 466 g/mol. The minimum absolute atomic E-state index is 0.118. The summed E-state index contributed by atoms with van der Waals surface area (Å²) in [5.74, 6) is 0.779. The van der Waals surface area contributed by atoms with Gasteiger partial charge in [0.1, 0.15) is 5.82 Å². The Morgan fingerprint density at radius 1 is 1.00 bits per heavy atom. The number of aromatic nitrogens is 1. The largest absolute Gasteiger partial charge is 0.377 e. The first-order valence-corrected chi connectivity index (χ1v) is 10.8. The topological polar surface area (TPSA) is 46.5 Å². The zero-order chi connectivity index (χ0) is 21.7. The van der Waals surface area contributed by atoms with E-state index in [1.54, 1.807) is 7.11 Å². The van der Waals surface area contributed by atoms with Crippen molar-refractivity contribution in [3.05, 3.63) is 88.0 Å². The molecule has 0 amide bonds. The van der Waals surface area contributed by atoms with E-state index in [0.717, 1.165) is 38.4 Å². The van der Waals surface area contributed by atoms with Gasteiger partial charge in [-0.25, -0.2) is 9.98 Å². The van der Waals surface area contributed by atoms with E-state index >= 15 is 0 Å². The molecule has 0 saturated heterocycles. The summed E-state index contributed by atoms with van der Waals surface area (Å²) in [6.07, 6.45) is 1.66. The number of nitrogens with zero attached hydrogens (tertiary/aromatic N) is 2. The number of hydrogen-bond acceptors (Lipinski definition) is 4. The lowest BCUT2D eigenvalue weighted by Gasteiger charge is -2.24. The maximum absolute atomic E-state index is 5.68. The molecular formula is C25H28BrN3O. The summed E-state index contributed by atoms with van der Waals surface area (Å²) >= 11 is 3.75. The molecule has 1 unspecified atom stereocenters. The Morgan fingerprint density at radius 3 is 2.00 bits per heavy atom. The second-order valence-electron chi connectivity index (χ2n) is 8.17. The zero-order valence-corrected chi connectivity index (χ0v) is 19.7. The van der Waals surface area contributed by atoms with Crippen molar-refractivity contribution < 1.29 is 4.74 Å². The predicted octanol–water partition coefficient (Wildman–Crippen LogP) is 6.93. The van der Waals surface area contributed by atoms with Crippen molar-refractivity contribution in [3.63, 3.8) is 0 Å². The Labute approximate surface area is 187 Å². The molecule has 4 nitrogen and oxygen atoms in total. The zero-order valence-electron chi connectivity index (χ0n) is 18.1. The van der Waals surface area contributed by atoms with E-state index in [-0.39, 0.29) is 11.6 Å². The minimum atomic E-state index is -0.158. The first kappa shape index (κ1) is 22.2. The number of methoxy groups -OCH3 is 1. The van der Waals surface area contributed by atoms with Crippen molar-refractivity contribution in [1.82, 2.24) is 4.98 Å². The fourth-order valence-electron chi connectivity index (χ4n) is 3.14. The Bertz CT molecular complexity index is 970. The summed E-state index contributed by atoms with van der Waals surface area (Å²) in [5.41, 5.74) is 4.61. The highest BCUT2D eigenvalue weighted by Crippen LogP contribution is 2.39. The van der Waals surface area contributed by atoms with Gasteiger partial charge in [0, 0.05) is 29.3 Å². The Balaban J connectivity index is 2.21. The van der Waals surface area contributed by atoms with Crippen molar-refractivity contribution in [1.29, 1.82) is 0 Å². The van der Waals surface area contributed by atoms with Gasteiger partial charge in [-0.1, -0.05) is 60.7 Å². The van der Waals surface area contributed by atoms with E-state index in [4.69, 9.17) is 9.73 Å². The van der Waals surface area contributed by atoms with Crippen molar-refractivity contribution in [3.8, 4) is 0 Å². The van der Waals surface area contributed by atoms with Gasteiger partial charge in [-0.3, -0.25) is 0 Å². The number of benzene rings is 2. The van der Waals surface area contributed by atoms with Crippen LogP contribution in [0.15, 0.2) is 76.3 Å². The second-order valence-corrected chi connectivity index (χ2v) is 8.96. The molecule has 1 atom stereocenters. The monoisotopic (exact) mass is 465 g/mol. The lowest BCUT2D eigenvalue weighted by Crippen LogP contribution is -2.27. The highest BCUT2D eigenvalue weighted by atomic mass is 79.9. The highest BCUT2D eigenvalue weighted by molar-refractivity contribution is 9.10. The third-order valence-electron chi connectivity index (χ3n) is 4.62. The van der Waals surface area contributed by atoms with Gasteiger partial charge in [0.15, 0.2) is 0 Å². The lowest BCUT2D eigenvalue weighted by molar-refractivity contribution is 0.119. The fraction of sp³-hybridized carbons (Fsp3) is 0.280.